The summed E-state index contributed by atoms with van der Waals surface area (Å²) in [6, 6.07) is 26.9. The third-order valence-corrected chi connectivity index (χ3v) is 6.57. The molecule has 29 heavy (non-hydrogen) atoms. The van der Waals surface area contributed by atoms with Gasteiger partial charge in [-0.15, -0.1) is 0 Å². The molecule has 0 aliphatic carbocycles. The van der Waals surface area contributed by atoms with Gasteiger partial charge in [0, 0.05) is 39.5 Å². The van der Waals surface area contributed by atoms with Crippen LogP contribution in [0.2, 0.25) is 0 Å². The molecule has 0 amide bonds. The van der Waals surface area contributed by atoms with Crippen LogP contribution in [0.15, 0.2) is 72.8 Å². The van der Waals surface area contributed by atoms with Crippen molar-refractivity contribution in [2.75, 3.05) is 26.2 Å². The lowest BCUT2D eigenvalue weighted by atomic mass is 10.1. The predicted octanol–water partition coefficient (Wildman–Crippen LogP) is 2.30. The number of aromatic nitrogens is 1. The van der Waals surface area contributed by atoms with Gasteiger partial charge in [-0.3, -0.25) is 0 Å². The highest BCUT2D eigenvalue weighted by atomic mass is 15.3. The van der Waals surface area contributed by atoms with E-state index in [2.05, 4.69) is 84.3 Å². The zero-order valence-corrected chi connectivity index (χ0v) is 17.3. The van der Waals surface area contributed by atoms with E-state index in [1.54, 1.807) is 9.80 Å². The summed E-state index contributed by atoms with van der Waals surface area (Å²) in [7, 11) is 0. The molecule has 1 saturated heterocycles. The number of para-hydroxylation sites is 1. The topological polar surface area (TPSA) is 13.8 Å². The fourth-order valence-electron chi connectivity index (χ4n) is 5.04. The number of fused-ring (bicyclic) bond motifs is 3. The van der Waals surface area contributed by atoms with Crippen LogP contribution in [0.3, 0.4) is 0 Å². The molecule has 1 fully saturated rings. The van der Waals surface area contributed by atoms with Gasteiger partial charge in [0.05, 0.1) is 0 Å². The van der Waals surface area contributed by atoms with E-state index in [9.17, 15) is 0 Å². The van der Waals surface area contributed by atoms with Crippen LogP contribution in [0.5, 0.6) is 0 Å². The smallest absolute Gasteiger partial charge is 0.127 e. The van der Waals surface area contributed by atoms with Crippen LogP contribution in [-0.2, 0) is 19.6 Å². The number of benzene rings is 3. The van der Waals surface area contributed by atoms with Gasteiger partial charge in [-0.25, -0.2) is 0 Å². The standard InChI is InChI=1S/C26H29N3/c1-2-29-25-11-7-6-10-23(25)24-18-22(12-13-26(24)29)20-28-16-14-27(15-17-28)19-21-8-4-3-5-9-21/h3-13,18H,2,14-17,19-20H2,1H3/p+2. The van der Waals surface area contributed by atoms with Crippen LogP contribution >= 0.6 is 0 Å². The second-order valence-corrected chi connectivity index (χ2v) is 8.45. The molecule has 3 nitrogen and oxygen atoms in total. The molecule has 0 bridgehead atoms. The van der Waals surface area contributed by atoms with Crippen molar-refractivity contribution in [1.82, 2.24) is 4.57 Å². The molecule has 0 saturated carbocycles. The van der Waals surface area contributed by atoms with Gasteiger partial charge in [0.15, 0.2) is 0 Å². The molecule has 3 heteroatoms. The molecule has 2 N–H and O–H groups in total. The maximum absolute atomic E-state index is 2.44. The van der Waals surface area contributed by atoms with Crippen molar-refractivity contribution in [2.24, 2.45) is 0 Å². The first-order valence-corrected chi connectivity index (χ1v) is 11.0. The Morgan fingerprint density at radius 3 is 2.00 bits per heavy atom. The molecule has 5 rings (SSSR count). The Kier molecular flexibility index (Phi) is 5.09. The van der Waals surface area contributed by atoms with Crippen molar-refractivity contribution >= 4 is 21.8 Å². The first-order chi connectivity index (χ1) is 14.3. The zero-order chi connectivity index (χ0) is 19.6. The van der Waals surface area contributed by atoms with Crippen LogP contribution in [0.25, 0.3) is 21.8 Å². The molecule has 2 heterocycles. The highest BCUT2D eigenvalue weighted by Gasteiger charge is 2.23. The molecular weight excluding hydrogens is 354 g/mol. The van der Waals surface area contributed by atoms with Crippen molar-refractivity contribution < 1.29 is 9.80 Å². The van der Waals surface area contributed by atoms with E-state index in [0.29, 0.717) is 0 Å². The molecule has 0 radical (unpaired) electrons. The summed E-state index contributed by atoms with van der Waals surface area (Å²) >= 11 is 0. The highest BCUT2D eigenvalue weighted by molar-refractivity contribution is 6.08. The van der Waals surface area contributed by atoms with Crippen LogP contribution in [-0.4, -0.2) is 30.7 Å². The first-order valence-electron chi connectivity index (χ1n) is 11.0. The van der Waals surface area contributed by atoms with Crippen molar-refractivity contribution in [1.29, 1.82) is 0 Å². The molecule has 1 aliphatic rings. The minimum atomic E-state index is 1.01. The molecular formula is C26H31N3+2. The summed E-state index contributed by atoms with van der Waals surface area (Å²) in [6.07, 6.45) is 0. The highest BCUT2D eigenvalue weighted by Crippen LogP contribution is 2.29. The van der Waals surface area contributed by atoms with E-state index in [4.69, 9.17) is 0 Å². The number of piperazine rings is 1. The van der Waals surface area contributed by atoms with E-state index in [1.807, 2.05) is 0 Å². The minimum Gasteiger partial charge on any atom is -0.341 e. The zero-order valence-electron chi connectivity index (χ0n) is 17.3. The molecule has 3 aromatic carbocycles. The summed E-state index contributed by atoms with van der Waals surface area (Å²) in [6.45, 7) is 10.6. The number of hydrogen-bond acceptors (Lipinski definition) is 0. The number of aryl methyl sites for hydroxylation is 1. The van der Waals surface area contributed by atoms with Gasteiger partial charge in [-0.1, -0.05) is 54.6 Å². The summed E-state index contributed by atoms with van der Waals surface area (Å²) in [5, 5.41) is 2.80. The average Bonchev–Trinajstić information content (AvgIpc) is 3.09. The Morgan fingerprint density at radius 2 is 1.28 bits per heavy atom. The Balaban J connectivity index is 1.29. The first kappa shape index (κ1) is 18.4. The second-order valence-electron chi connectivity index (χ2n) is 8.45. The lowest BCUT2D eigenvalue weighted by Gasteiger charge is -2.29. The molecule has 1 aliphatic heterocycles. The van der Waals surface area contributed by atoms with Crippen LogP contribution in [0.1, 0.15) is 18.1 Å². The molecule has 1 aromatic heterocycles. The molecule has 0 atom stereocenters. The largest absolute Gasteiger partial charge is 0.341 e. The molecule has 4 aromatic rings. The third-order valence-electron chi connectivity index (χ3n) is 6.57. The maximum Gasteiger partial charge on any atom is 0.127 e. The van der Waals surface area contributed by atoms with Crippen LogP contribution in [0, 0.1) is 0 Å². The van der Waals surface area contributed by atoms with Gasteiger partial charge in [0.1, 0.15) is 39.3 Å². The summed E-state index contributed by atoms with van der Waals surface area (Å²) < 4.78 is 2.44. The normalized spacial score (nSPS) is 19.8. The quantitative estimate of drug-likeness (QED) is 0.524. The summed E-state index contributed by atoms with van der Waals surface area (Å²) in [5.74, 6) is 0. The number of hydrogen-bond donors (Lipinski definition) is 2. The summed E-state index contributed by atoms with van der Waals surface area (Å²) in [4.78, 5) is 3.45. The predicted molar refractivity (Wildman–Crippen MR) is 120 cm³/mol. The number of nitrogens with one attached hydrogen (secondary N) is 2. The monoisotopic (exact) mass is 385 g/mol. The minimum absolute atomic E-state index is 1.01. The SMILES string of the molecule is CCn1c2ccccc2c2cc(C[NH+]3CC[NH+](Cc4ccccc4)CC3)ccc21. The van der Waals surface area contributed by atoms with E-state index < -0.39 is 0 Å². The van der Waals surface area contributed by atoms with E-state index in [0.717, 1.165) is 19.6 Å². The van der Waals surface area contributed by atoms with Gasteiger partial charge >= 0.3 is 0 Å². The average molecular weight is 386 g/mol. The molecule has 148 valence electrons. The van der Waals surface area contributed by atoms with Crippen LogP contribution in [0.4, 0.5) is 0 Å². The van der Waals surface area contributed by atoms with Gasteiger partial charge in [-0.05, 0) is 25.1 Å². The van der Waals surface area contributed by atoms with Crippen molar-refractivity contribution in [2.45, 2.75) is 26.6 Å². The van der Waals surface area contributed by atoms with Gasteiger partial charge in [0.2, 0.25) is 0 Å². The molecule has 0 spiro atoms. The fraction of sp³-hybridized carbons (Fsp3) is 0.308. The van der Waals surface area contributed by atoms with Crippen molar-refractivity contribution in [3.8, 4) is 0 Å². The fourth-order valence-corrected chi connectivity index (χ4v) is 5.04. The van der Waals surface area contributed by atoms with Gasteiger partial charge in [0.25, 0.3) is 0 Å². The summed E-state index contributed by atoms with van der Waals surface area (Å²) in [5.41, 5.74) is 5.65. The van der Waals surface area contributed by atoms with Gasteiger partial charge < -0.3 is 14.4 Å². The van der Waals surface area contributed by atoms with Crippen LogP contribution < -0.4 is 9.80 Å². The van der Waals surface area contributed by atoms with E-state index in [1.165, 1.54) is 59.1 Å². The van der Waals surface area contributed by atoms with E-state index >= 15 is 0 Å². The van der Waals surface area contributed by atoms with Crippen molar-refractivity contribution in [3.05, 3.63) is 83.9 Å². The van der Waals surface area contributed by atoms with Crippen molar-refractivity contribution in [3.63, 3.8) is 0 Å². The number of quaternary nitrogens is 2. The Bertz CT molecular complexity index is 1100. The lowest BCUT2D eigenvalue weighted by molar-refractivity contribution is -1.02. The Morgan fingerprint density at radius 1 is 0.655 bits per heavy atom. The van der Waals surface area contributed by atoms with Gasteiger partial charge in [-0.2, -0.15) is 0 Å². The molecule has 0 unspecified atom stereocenters. The maximum atomic E-state index is 2.44. The van der Waals surface area contributed by atoms with E-state index in [-0.39, 0.29) is 0 Å². The second kappa shape index (κ2) is 8.02. The number of rotatable bonds is 5. The Hall–Kier alpha value is -2.62. The lowest BCUT2D eigenvalue weighted by Crippen LogP contribution is -3.27. The third kappa shape index (κ3) is 3.68. The Labute approximate surface area is 173 Å². The number of nitrogens with zero attached hydrogens (tertiary/aromatic N) is 1.